The summed E-state index contributed by atoms with van der Waals surface area (Å²) >= 11 is 6.10. The van der Waals surface area contributed by atoms with E-state index in [0.717, 1.165) is 0 Å². The van der Waals surface area contributed by atoms with Gasteiger partial charge in [-0.3, -0.25) is 0 Å². The Bertz CT molecular complexity index is 639. The van der Waals surface area contributed by atoms with Crippen molar-refractivity contribution in [3.63, 3.8) is 0 Å². The van der Waals surface area contributed by atoms with Crippen LogP contribution < -0.4 is 0 Å². The van der Waals surface area contributed by atoms with Crippen LogP contribution in [0, 0.1) is 5.82 Å². The van der Waals surface area contributed by atoms with Crippen LogP contribution >= 0.6 is 11.6 Å². The number of hydrogen-bond acceptors (Lipinski definition) is 3. The smallest absolute Gasteiger partial charge is 0.328 e. The van der Waals surface area contributed by atoms with Gasteiger partial charge in [-0.15, -0.1) is 11.6 Å². The molecule has 2 atom stereocenters. The number of ether oxygens (including phenoxy) is 1. The van der Waals surface area contributed by atoms with Crippen LogP contribution in [0.4, 0.5) is 4.39 Å². The van der Waals surface area contributed by atoms with Crippen LogP contribution in [0.2, 0.25) is 0 Å². The number of aromatic nitrogens is 2. The van der Waals surface area contributed by atoms with Crippen LogP contribution in [0.1, 0.15) is 38.0 Å². The number of esters is 1. The molecule has 1 aromatic carbocycles. The molecule has 20 heavy (non-hydrogen) atoms. The van der Waals surface area contributed by atoms with E-state index in [0.29, 0.717) is 11.3 Å². The van der Waals surface area contributed by atoms with Gasteiger partial charge in [-0.2, -0.15) is 0 Å². The third-order valence-electron chi connectivity index (χ3n) is 3.07. The fourth-order valence-corrected chi connectivity index (χ4v) is 2.31. The molecular weight excluding hydrogens is 283 g/mol. The molecule has 0 fully saturated rings. The third kappa shape index (κ3) is 2.50. The molecule has 0 aliphatic rings. The van der Waals surface area contributed by atoms with Crippen LogP contribution in [0.5, 0.6) is 0 Å². The highest BCUT2D eigenvalue weighted by atomic mass is 35.5. The lowest BCUT2D eigenvalue weighted by Gasteiger charge is -2.17. The van der Waals surface area contributed by atoms with E-state index in [2.05, 4.69) is 4.98 Å². The summed E-state index contributed by atoms with van der Waals surface area (Å²) in [4.78, 5) is 16.2. The maximum atomic E-state index is 13.8. The summed E-state index contributed by atoms with van der Waals surface area (Å²) < 4.78 is 20.5. The van der Waals surface area contributed by atoms with Gasteiger partial charge in [0.15, 0.2) is 5.82 Å². The highest BCUT2D eigenvalue weighted by Gasteiger charge is 2.25. The van der Waals surface area contributed by atoms with Gasteiger partial charge in [-0.25, -0.2) is 14.2 Å². The van der Waals surface area contributed by atoms with Gasteiger partial charge in [0, 0.05) is 0 Å². The van der Waals surface area contributed by atoms with E-state index in [1.54, 1.807) is 37.5 Å². The summed E-state index contributed by atoms with van der Waals surface area (Å²) in [6.07, 6.45) is 0. The van der Waals surface area contributed by atoms with Gasteiger partial charge in [0.1, 0.15) is 17.4 Å². The zero-order valence-electron chi connectivity index (χ0n) is 11.6. The number of halogens is 2. The van der Waals surface area contributed by atoms with Crippen LogP contribution in [0.3, 0.4) is 0 Å². The number of carbonyl (C=O) groups is 1. The minimum atomic E-state index is -0.613. The van der Waals surface area contributed by atoms with Crippen molar-refractivity contribution >= 4 is 28.6 Å². The molecule has 1 heterocycles. The zero-order chi connectivity index (χ0) is 14.9. The van der Waals surface area contributed by atoms with E-state index in [9.17, 15) is 9.18 Å². The zero-order valence-corrected chi connectivity index (χ0v) is 12.3. The largest absolute Gasteiger partial charge is 0.464 e. The monoisotopic (exact) mass is 298 g/mol. The number of nitrogens with zero attached hydrogens (tertiary/aromatic N) is 2. The molecule has 108 valence electrons. The molecule has 6 heteroatoms. The first kappa shape index (κ1) is 14.8. The minimum absolute atomic E-state index is 0.214. The standard InChI is InChI=1S/C14H16ClFN2O2/c1-4-20-14(19)9(3)18-11-7-5-6-10(16)12(11)17-13(18)8(2)15/h5-9H,4H2,1-3H3. The Morgan fingerprint density at radius 3 is 2.80 bits per heavy atom. The summed E-state index contributed by atoms with van der Waals surface area (Å²) in [5.41, 5.74) is 0.749. The Kier molecular flexibility index (Phi) is 4.28. The van der Waals surface area contributed by atoms with Gasteiger partial charge < -0.3 is 9.30 Å². The lowest BCUT2D eigenvalue weighted by atomic mass is 10.2. The summed E-state index contributed by atoms with van der Waals surface area (Å²) in [6.45, 7) is 5.44. The first-order valence-electron chi connectivity index (χ1n) is 6.44. The minimum Gasteiger partial charge on any atom is -0.464 e. The molecule has 0 saturated heterocycles. The van der Waals surface area contributed by atoms with E-state index in [4.69, 9.17) is 16.3 Å². The molecule has 2 unspecified atom stereocenters. The molecule has 0 aliphatic carbocycles. The molecule has 2 aromatic rings. The molecular formula is C14H16ClFN2O2. The molecule has 0 saturated carbocycles. The number of carbonyl (C=O) groups excluding carboxylic acids is 1. The Hall–Kier alpha value is -1.62. The topological polar surface area (TPSA) is 44.1 Å². The van der Waals surface area contributed by atoms with Gasteiger partial charge in [-0.1, -0.05) is 6.07 Å². The van der Waals surface area contributed by atoms with Crippen molar-refractivity contribution in [1.29, 1.82) is 0 Å². The predicted molar refractivity (Wildman–Crippen MR) is 75.3 cm³/mol. The van der Waals surface area contributed by atoms with Crippen molar-refractivity contribution in [3.8, 4) is 0 Å². The van der Waals surface area contributed by atoms with E-state index >= 15 is 0 Å². The lowest BCUT2D eigenvalue weighted by Crippen LogP contribution is -2.21. The number of rotatable bonds is 4. The third-order valence-corrected chi connectivity index (χ3v) is 3.26. The van der Waals surface area contributed by atoms with Crippen molar-refractivity contribution in [2.24, 2.45) is 0 Å². The van der Waals surface area contributed by atoms with E-state index in [1.807, 2.05) is 0 Å². The number of benzene rings is 1. The number of imidazole rings is 1. The number of fused-ring (bicyclic) bond motifs is 1. The summed E-state index contributed by atoms with van der Waals surface area (Å²) in [7, 11) is 0. The molecule has 1 aromatic heterocycles. The van der Waals surface area contributed by atoms with E-state index in [1.165, 1.54) is 6.07 Å². The van der Waals surface area contributed by atoms with Crippen molar-refractivity contribution in [2.75, 3.05) is 6.61 Å². The van der Waals surface area contributed by atoms with Gasteiger partial charge in [-0.05, 0) is 32.9 Å². The number of para-hydroxylation sites is 1. The summed E-state index contributed by atoms with van der Waals surface area (Å²) in [5.74, 6) is -0.377. The van der Waals surface area contributed by atoms with Gasteiger partial charge in [0.05, 0.1) is 17.5 Å². The highest BCUT2D eigenvalue weighted by Crippen LogP contribution is 2.29. The second-order valence-corrected chi connectivity index (χ2v) is 5.15. The Labute approximate surface area is 121 Å². The Morgan fingerprint density at radius 2 is 2.20 bits per heavy atom. The average Bonchev–Trinajstić information content (AvgIpc) is 2.79. The Morgan fingerprint density at radius 1 is 1.50 bits per heavy atom. The van der Waals surface area contributed by atoms with E-state index in [-0.39, 0.29) is 12.1 Å². The van der Waals surface area contributed by atoms with E-state index < -0.39 is 23.2 Å². The molecule has 4 nitrogen and oxygen atoms in total. The van der Waals surface area contributed by atoms with Gasteiger partial charge in [0.2, 0.25) is 0 Å². The van der Waals surface area contributed by atoms with Crippen molar-refractivity contribution < 1.29 is 13.9 Å². The normalized spacial score (nSPS) is 14.2. The maximum Gasteiger partial charge on any atom is 0.328 e. The molecule has 0 amide bonds. The number of hydrogen-bond donors (Lipinski definition) is 0. The SMILES string of the molecule is CCOC(=O)C(C)n1c(C(C)Cl)nc2c(F)cccc21. The number of alkyl halides is 1. The summed E-state index contributed by atoms with van der Waals surface area (Å²) in [6, 6.07) is 4.01. The second kappa shape index (κ2) is 5.79. The molecule has 0 aliphatic heterocycles. The second-order valence-electron chi connectivity index (χ2n) is 4.49. The first-order valence-corrected chi connectivity index (χ1v) is 6.88. The lowest BCUT2D eigenvalue weighted by molar-refractivity contribution is -0.146. The fraction of sp³-hybridized carbons (Fsp3) is 0.429. The summed E-state index contributed by atoms with van der Waals surface area (Å²) in [5, 5.41) is -0.446. The first-order chi connectivity index (χ1) is 9.47. The Balaban J connectivity index is 2.63. The molecule has 0 radical (unpaired) electrons. The molecule has 2 rings (SSSR count). The van der Waals surface area contributed by atoms with Crippen LogP contribution in [-0.2, 0) is 9.53 Å². The van der Waals surface area contributed by atoms with Crippen molar-refractivity contribution in [3.05, 3.63) is 29.8 Å². The van der Waals surface area contributed by atoms with Gasteiger partial charge in [0.25, 0.3) is 0 Å². The van der Waals surface area contributed by atoms with Crippen LogP contribution in [-0.4, -0.2) is 22.1 Å². The average molecular weight is 299 g/mol. The molecule has 0 spiro atoms. The van der Waals surface area contributed by atoms with Crippen LogP contribution in [0.15, 0.2) is 18.2 Å². The molecule has 0 N–H and O–H groups in total. The maximum absolute atomic E-state index is 13.8. The quantitative estimate of drug-likeness (QED) is 0.640. The fourth-order valence-electron chi connectivity index (χ4n) is 2.16. The van der Waals surface area contributed by atoms with Crippen molar-refractivity contribution in [2.45, 2.75) is 32.2 Å². The van der Waals surface area contributed by atoms with Gasteiger partial charge >= 0.3 is 5.97 Å². The van der Waals surface area contributed by atoms with Crippen molar-refractivity contribution in [1.82, 2.24) is 9.55 Å². The van der Waals surface area contributed by atoms with Crippen LogP contribution in [0.25, 0.3) is 11.0 Å². The molecule has 0 bridgehead atoms. The predicted octanol–water partition coefficient (Wildman–Crippen LogP) is 3.60. The highest BCUT2D eigenvalue weighted by molar-refractivity contribution is 6.20.